The van der Waals surface area contributed by atoms with Gasteiger partial charge < -0.3 is 34.5 Å². The molecular weight excluding hydrogens is 572 g/mol. The van der Waals surface area contributed by atoms with E-state index in [1.165, 1.54) is 24.2 Å². The number of nitrogens with one attached hydrogen (secondary N) is 3. The topological polar surface area (TPSA) is 172 Å². The fraction of sp³-hybridized carbons (Fsp3) is 0.630. The molecule has 1 aromatic heterocycles. The molecule has 0 saturated heterocycles. The normalized spacial score (nSPS) is 17.0. The number of urea groups is 1. The van der Waals surface area contributed by atoms with E-state index in [9.17, 15) is 14.1 Å². The van der Waals surface area contributed by atoms with E-state index in [0.29, 0.717) is 33.0 Å². The summed E-state index contributed by atoms with van der Waals surface area (Å²) in [5.74, 6) is 0. The molecule has 0 spiro atoms. The maximum Gasteiger partial charge on any atom is 0.331 e. The molecule has 4 rings (SSSR count). The number of benzene rings is 1. The molecule has 14 heteroatoms. The highest BCUT2D eigenvalue weighted by atomic mass is 32.2. The molecule has 2 aromatic rings. The number of aryl methyl sites for hydroxylation is 2. The summed E-state index contributed by atoms with van der Waals surface area (Å²) in [6, 6.07) is 1.57. The average molecular weight is 613 g/mol. The fourth-order valence-corrected chi connectivity index (χ4v) is 7.11. The van der Waals surface area contributed by atoms with Gasteiger partial charge in [0, 0.05) is 5.69 Å². The number of aromatic nitrogens is 1. The van der Waals surface area contributed by atoms with Gasteiger partial charge in [0.05, 0.1) is 65.7 Å². The first kappa shape index (κ1) is 31.8. The number of fused-ring (bicyclic) bond motifs is 2. The summed E-state index contributed by atoms with van der Waals surface area (Å²) in [5.41, 5.74) is 4.15. The van der Waals surface area contributed by atoms with Gasteiger partial charge in [-0.2, -0.15) is 0 Å². The maximum atomic E-state index is 13.2. The summed E-state index contributed by atoms with van der Waals surface area (Å²) in [4.78, 5) is 17.1. The van der Waals surface area contributed by atoms with Crippen molar-refractivity contribution in [2.45, 2.75) is 55.3 Å². The second kappa shape index (κ2) is 14.8. The van der Waals surface area contributed by atoms with Gasteiger partial charge in [-0.05, 0) is 67.7 Å². The number of carbonyl (C=O) groups excluding carboxylic acids is 1. The number of amides is 2. The van der Waals surface area contributed by atoms with Crippen LogP contribution in [0.2, 0.25) is 0 Å². The summed E-state index contributed by atoms with van der Waals surface area (Å²) >= 11 is 0.901. The standard InChI is InChI=1S/C27H40N4O8S2/c1-27(34,18-39-15-14-38-13-12-37-11-10-36-9-8-32)25-29-17-23(40-25)41(28,35)31-26(33)30-24-21-6-2-4-19(21)16-20-5-3-7-22(20)24/h16-17,32,34H,2-15,18H2,1H3,(H3,28,30,31,33,35). The van der Waals surface area contributed by atoms with Gasteiger partial charge in [0.15, 0.2) is 9.92 Å². The second-order valence-corrected chi connectivity index (χ2v) is 13.3. The lowest BCUT2D eigenvalue weighted by atomic mass is 9.99. The molecule has 12 nitrogen and oxygen atoms in total. The van der Waals surface area contributed by atoms with Gasteiger partial charge in [-0.3, -0.25) is 0 Å². The van der Waals surface area contributed by atoms with Crippen LogP contribution in [0.15, 0.2) is 16.5 Å². The van der Waals surface area contributed by atoms with Gasteiger partial charge in [0.25, 0.3) is 0 Å². The highest BCUT2D eigenvalue weighted by Crippen LogP contribution is 2.38. The third kappa shape index (κ3) is 8.67. The number of carbonyl (C=O) groups is 1. The molecule has 2 aliphatic carbocycles. The number of hydrogen-bond acceptors (Lipinski definition) is 11. The van der Waals surface area contributed by atoms with Crippen LogP contribution < -0.4 is 10.0 Å². The van der Waals surface area contributed by atoms with Crippen molar-refractivity contribution in [3.05, 3.63) is 39.5 Å². The van der Waals surface area contributed by atoms with Crippen molar-refractivity contribution >= 4 is 33.0 Å². The van der Waals surface area contributed by atoms with Crippen LogP contribution in [-0.2, 0) is 60.1 Å². The van der Waals surface area contributed by atoms with E-state index < -0.39 is 21.5 Å². The third-order valence-electron chi connectivity index (χ3n) is 6.91. The van der Waals surface area contributed by atoms with Crippen LogP contribution in [0.1, 0.15) is 47.0 Å². The van der Waals surface area contributed by atoms with Gasteiger partial charge in [-0.25, -0.2) is 23.5 Å². The van der Waals surface area contributed by atoms with Crippen molar-refractivity contribution in [1.82, 2.24) is 9.71 Å². The molecule has 228 valence electrons. The van der Waals surface area contributed by atoms with E-state index in [2.05, 4.69) is 21.1 Å². The average Bonchev–Trinajstić information content (AvgIpc) is 3.70. The molecule has 0 radical (unpaired) electrons. The first-order valence-corrected chi connectivity index (χ1v) is 16.2. The molecule has 5 N–H and O–H groups in total. The van der Waals surface area contributed by atoms with Crippen molar-refractivity contribution in [2.75, 3.05) is 64.8 Å². The second-order valence-electron chi connectivity index (χ2n) is 10.2. The van der Waals surface area contributed by atoms with Crippen LogP contribution in [0.25, 0.3) is 0 Å². The summed E-state index contributed by atoms with van der Waals surface area (Å²) in [6.45, 7) is 3.85. The molecule has 0 fully saturated rings. The van der Waals surface area contributed by atoms with Crippen molar-refractivity contribution < 1.29 is 38.2 Å². The van der Waals surface area contributed by atoms with Crippen LogP contribution in [-0.4, -0.2) is 84.9 Å². The first-order chi connectivity index (χ1) is 19.7. The Morgan fingerprint density at radius 2 is 1.56 bits per heavy atom. The number of thiazole rings is 1. The lowest BCUT2D eigenvalue weighted by Gasteiger charge is -2.20. The zero-order valence-electron chi connectivity index (χ0n) is 23.4. The van der Waals surface area contributed by atoms with E-state index in [1.807, 2.05) is 0 Å². The lowest BCUT2D eigenvalue weighted by molar-refractivity contribution is -0.0561. The van der Waals surface area contributed by atoms with Crippen molar-refractivity contribution in [3.63, 3.8) is 0 Å². The first-order valence-electron chi connectivity index (χ1n) is 13.9. The number of rotatable bonds is 17. The molecule has 2 atom stereocenters. The molecule has 41 heavy (non-hydrogen) atoms. The van der Waals surface area contributed by atoms with E-state index in [4.69, 9.17) is 28.8 Å². The van der Waals surface area contributed by atoms with Crippen LogP contribution in [0.5, 0.6) is 0 Å². The Morgan fingerprint density at radius 3 is 2.15 bits per heavy atom. The molecule has 1 heterocycles. The Labute approximate surface area is 244 Å². The highest BCUT2D eigenvalue weighted by molar-refractivity contribution is 7.93. The quantitative estimate of drug-likeness (QED) is 0.168. The molecular formula is C27H40N4O8S2. The number of hydrogen-bond donors (Lipinski definition) is 5. The predicted octanol–water partition coefficient (Wildman–Crippen LogP) is 2.53. The van der Waals surface area contributed by atoms with Gasteiger partial charge >= 0.3 is 6.03 Å². The maximum absolute atomic E-state index is 13.2. The summed E-state index contributed by atoms with van der Waals surface area (Å²) in [7, 11) is -3.70. The Balaban J connectivity index is 1.22. The number of ether oxygens (including phenoxy) is 4. The minimum absolute atomic E-state index is 0.0159. The van der Waals surface area contributed by atoms with E-state index in [-0.39, 0.29) is 35.6 Å². The zero-order chi connectivity index (χ0) is 29.3. The molecule has 1 aromatic carbocycles. The lowest BCUT2D eigenvalue weighted by Crippen LogP contribution is -2.34. The van der Waals surface area contributed by atoms with E-state index >= 15 is 0 Å². The summed E-state index contributed by atoms with van der Waals surface area (Å²) in [6.07, 6.45) is 7.12. The summed E-state index contributed by atoms with van der Waals surface area (Å²) < 4.78 is 45.3. The number of anilines is 1. The number of nitrogens with zero attached hydrogens (tertiary/aromatic N) is 1. The number of aliphatic hydroxyl groups excluding tert-OH is 1. The molecule has 0 bridgehead atoms. The molecule has 0 aliphatic heterocycles. The smallest absolute Gasteiger partial charge is 0.331 e. The minimum Gasteiger partial charge on any atom is -0.394 e. The van der Waals surface area contributed by atoms with Crippen molar-refractivity contribution in [3.8, 4) is 0 Å². The van der Waals surface area contributed by atoms with E-state index in [1.54, 1.807) is 0 Å². The van der Waals surface area contributed by atoms with Crippen molar-refractivity contribution in [2.24, 2.45) is 0 Å². The van der Waals surface area contributed by atoms with Crippen LogP contribution >= 0.6 is 11.3 Å². The van der Waals surface area contributed by atoms with Crippen molar-refractivity contribution in [1.29, 1.82) is 4.78 Å². The predicted molar refractivity (Wildman–Crippen MR) is 154 cm³/mol. The Bertz CT molecular complexity index is 1250. The Morgan fingerprint density at radius 1 is 1.00 bits per heavy atom. The molecule has 2 amide bonds. The minimum atomic E-state index is -3.70. The molecule has 2 aliphatic rings. The van der Waals surface area contributed by atoms with Gasteiger partial charge in [0.2, 0.25) is 0 Å². The Hall–Kier alpha value is -2.17. The van der Waals surface area contributed by atoms with Crippen LogP contribution in [0.4, 0.5) is 10.5 Å². The third-order valence-corrected chi connectivity index (χ3v) is 10.1. The van der Waals surface area contributed by atoms with Gasteiger partial charge in [-0.1, -0.05) is 6.07 Å². The van der Waals surface area contributed by atoms with Gasteiger partial charge in [-0.15, -0.1) is 11.3 Å². The monoisotopic (exact) mass is 612 g/mol. The fourth-order valence-electron chi connectivity index (χ4n) is 4.99. The van der Waals surface area contributed by atoms with Gasteiger partial charge in [0.1, 0.15) is 14.8 Å². The van der Waals surface area contributed by atoms with Crippen LogP contribution in [0, 0.1) is 4.78 Å². The van der Waals surface area contributed by atoms with E-state index in [0.717, 1.165) is 66.7 Å². The molecule has 2 unspecified atom stereocenters. The highest BCUT2D eigenvalue weighted by Gasteiger charge is 2.30. The zero-order valence-corrected chi connectivity index (χ0v) is 25.0. The largest absolute Gasteiger partial charge is 0.394 e. The molecule has 0 saturated carbocycles. The Kier molecular flexibility index (Phi) is 11.5. The summed E-state index contributed by atoms with van der Waals surface area (Å²) in [5, 5.41) is 22.6. The van der Waals surface area contributed by atoms with Crippen LogP contribution in [0.3, 0.4) is 0 Å². The number of aliphatic hydroxyl groups is 2. The SMILES string of the molecule is CC(O)(COCCOCCOCCOCCO)c1ncc(S(=N)(=O)NC(=O)Nc2c3c(cc4c2CCC4)CCC3)s1.